The number of aryl methyl sites for hydroxylation is 1. The number of carboxylic acid groups (broad SMARTS) is 1. The Balaban J connectivity index is 3.32. The molecule has 82 valence electrons. The highest BCUT2D eigenvalue weighted by Crippen LogP contribution is 2.29. The van der Waals surface area contributed by atoms with Crippen molar-refractivity contribution in [1.82, 2.24) is 0 Å². The van der Waals surface area contributed by atoms with Crippen LogP contribution in [-0.2, 0) is 4.79 Å². The molecule has 1 atom stereocenters. The van der Waals surface area contributed by atoms with Gasteiger partial charge in [-0.1, -0.05) is 0 Å². The third-order valence-corrected chi connectivity index (χ3v) is 1.95. The van der Waals surface area contributed by atoms with Crippen molar-refractivity contribution < 1.29 is 24.1 Å². The molecule has 15 heavy (non-hydrogen) atoms. The summed E-state index contributed by atoms with van der Waals surface area (Å²) < 4.78 is 18.0. The summed E-state index contributed by atoms with van der Waals surface area (Å²) in [6.45, 7) is 1.60. The van der Waals surface area contributed by atoms with Crippen LogP contribution in [0.1, 0.15) is 17.2 Å². The zero-order valence-corrected chi connectivity index (χ0v) is 8.32. The lowest BCUT2D eigenvalue weighted by atomic mass is 10.0. The molecule has 0 spiro atoms. The maximum absolute atomic E-state index is 13.3. The molecule has 0 bridgehead atoms. The number of aliphatic hydroxyl groups is 1. The molecule has 0 radical (unpaired) electrons. The second-order valence-corrected chi connectivity index (χ2v) is 3.11. The van der Waals surface area contributed by atoms with Crippen LogP contribution < -0.4 is 4.74 Å². The fourth-order valence-corrected chi connectivity index (χ4v) is 1.31. The monoisotopic (exact) mass is 214 g/mol. The van der Waals surface area contributed by atoms with Crippen molar-refractivity contribution in [3.8, 4) is 5.75 Å². The van der Waals surface area contributed by atoms with Crippen molar-refractivity contribution in [2.45, 2.75) is 13.0 Å². The van der Waals surface area contributed by atoms with E-state index in [1.807, 2.05) is 0 Å². The molecule has 0 aliphatic rings. The van der Waals surface area contributed by atoms with Crippen LogP contribution in [0.2, 0.25) is 0 Å². The van der Waals surface area contributed by atoms with Crippen LogP contribution in [-0.4, -0.2) is 23.3 Å². The summed E-state index contributed by atoms with van der Waals surface area (Å²) >= 11 is 0. The summed E-state index contributed by atoms with van der Waals surface area (Å²) in [6.07, 6.45) is -1.78. The van der Waals surface area contributed by atoms with E-state index in [0.29, 0.717) is 5.56 Å². The number of carboxylic acids is 1. The van der Waals surface area contributed by atoms with E-state index in [-0.39, 0.29) is 11.3 Å². The van der Waals surface area contributed by atoms with Gasteiger partial charge in [-0.15, -0.1) is 0 Å². The first-order valence-electron chi connectivity index (χ1n) is 4.22. The number of aliphatic carboxylic acids is 1. The minimum Gasteiger partial charge on any atom is -0.493 e. The maximum Gasteiger partial charge on any atom is 0.337 e. The van der Waals surface area contributed by atoms with Gasteiger partial charge in [0.15, 0.2) is 17.7 Å². The van der Waals surface area contributed by atoms with Crippen LogP contribution in [0.5, 0.6) is 5.75 Å². The molecule has 0 amide bonds. The van der Waals surface area contributed by atoms with Crippen LogP contribution in [0, 0.1) is 12.7 Å². The summed E-state index contributed by atoms with van der Waals surface area (Å²) in [7, 11) is 1.21. The Labute approximate surface area is 85.9 Å². The average Bonchev–Trinajstić information content (AvgIpc) is 2.15. The van der Waals surface area contributed by atoms with E-state index in [9.17, 15) is 14.3 Å². The Kier molecular flexibility index (Phi) is 3.26. The van der Waals surface area contributed by atoms with E-state index in [2.05, 4.69) is 0 Å². The first-order valence-corrected chi connectivity index (χ1v) is 4.22. The van der Waals surface area contributed by atoms with Crippen molar-refractivity contribution in [3.05, 3.63) is 29.1 Å². The van der Waals surface area contributed by atoms with Crippen LogP contribution in [0.25, 0.3) is 0 Å². The second kappa shape index (κ2) is 4.27. The van der Waals surface area contributed by atoms with E-state index in [0.717, 1.165) is 0 Å². The molecule has 0 saturated carbocycles. The predicted molar refractivity (Wildman–Crippen MR) is 50.3 cm³/mol. The number of ether oxygens (including phenoxy) is 1. The number of halogens is 1. The summed E-state index contributed by atoms with van der Waals surface area (Å²) in [5.74, 6) is -2.37. The maximum atomic E-state index is 13.3. The Bertz CT molecular complexity index is 389. The van der Waals surface area contributed by atoms with E-state index >= 15 is 0 Å². The van der Waals surface area contributed by atoms with E-state index in [1.54, 1.807) is 6.92 Å². The Morgan fingerprint density at radius 2 is 2.13 bits per heavy atom. The lowest BCUT2D eigenvalue weighted by molar-refractivity contribution is -0.147. The van der Waals surface area contributed by atoms with E-state index in [1.165, 1.54) is 19.2 Å². The molecule has 5 heteroatoms. The largest absolute Gasteiger partial charge is 0.493 e. The lowest BCUT2D eigenvalue weighted by Gasteiger charge is -2.12. The smallest absolute Gasteiger partial charge is 0.337 e. The zero-order chi connectivity index (χ0) is 11.6. The third-order valence-electron chi connectivity index (χ3n) is 1.95. The quantitative estimate of drug-likeness (QED) is 0.794. The number of carbonyl (C=O) groups is 1. The van der Waals surface area contributed by atoms with Crippen LogP contribution >= 0.6 is 0 Å². The van der Waals surface area contributed by atoms with Crippen molar-refractivity contribution >= 4 is 5.97 Å². The highest BCUT2D eigenvalue weighted by Gasteiger charge is 2.23. The SMILES string of the molecule is COc1c(F)cc(C)cc1C(O)C(=O)O. The van der Waals surface area contributed by atoms with Gasteiger partial charge in [-0.25, -0.2) is 9.18 Å². The first kappa shape index (κ1) is 11.5. The van der Waals surface area contributed by atoms with Gasteiger partial charge in [0.2, 0.25) is 0 Å². The molecular weight excluding hydrogens is 203 g/mol. The first-order chi connectivity index (χ1) is 6.97. The zero-order valence-electron chi connectivity index (χ0n) is 8.32. The van der Waals surface area contributed by atoms with E-state index < -0.39 is 17.9 Å². The minimum absolute atomic E-state index is 0.0810. The van der Waals surface area contributed by atoms with E-state index in [4.69, 9.17) is 9.84 Å². The fourth-order valence-electron chi connectivity index (χ4n) is 1.31. The molecule has 0 fully saturated rings. The van der Waals surface area contributed by atoms with Crippen LogP contribution in [0.15, 0.2) is 12.1 Å². The van der Waals surface area contributed by atoms with Gasteiger partial charge in [-0.05, 0) is 24.6 Å². The van der Waals surface area contributed by atoms with Crippen LogP contribution in [0.4, 0.5) is 4.39 Å². The van der Waals surface area contributed by atoms with Crippen molar-refractivity contribution in [2.24, 2.45) is 0 Å². The molecule has 1 aromatic rings. The number of rotatable bonds is 3. The standard InChI is InChI=1S/C10H11FO4/c1-5-3-6(8(12)10(13)14)9(15-2)7(11)4-5/h3-4,8,12H,1-2H3,(H,13,14). The summed E-state index contributed by atoms with van der Waals surface area (Å²) in [6, 6.07) is 2.58. The van der Waals surface area contributed by atoms with Gasteiger partial charge < -0.3 is 14.9 Å². The number of hydrogen-bond acceptors (Lipinski definition) is 3. The highest BCUT2D eigenvalue weighted by molar-refractivity contribution is 5.75. The van der Waals surface area contributed by atoms with Gasteiger partial charge in [-0.2, -0.15) is 0 Å². The Hall–Kier alpha value is -1.62. The summed E-state index contributed by atoms with van der Waals surface area (Å²) in [4.78, 5) is 10.6. The molecule has 2 N–H and O–H groups in total. The molecule has 0 heterocycles. The molecule has 1 rings (SSSR count). The normalized spacial score (nSPS) is 12.3. The fraction of sp³-hybridized carbons (Fsp3) is 0.300. The van der Waals surface area contributed by atoms with Gasteiger partial charge in [0.25, 0.3) is 0 Å². The molecule has 0 aliphatic carbocycles. The molecule has 4 nitrogen and oxygen atoms in total. The molecule has 0 saturated heterocycles. The summed E-state index contributed by atoms with van der Waals surface area (Å²) in [5.41, 5.74) is 0.436. The third kappa shape index (κ3) is 2.24. The van der Waals surface area contributed by atoms with Gasteiger partial charge in [0, 0.05) is 5.56 Å². The number of hydrogen-bond donors (Lipinski definition) is 2. The van der Waals surface area contributed by atoms with Crippen molar-refractivity contribution in [2.75, 3.05) is 7.11 Å². The molecule has 0 aromatic heterocycles. The van der Waals surface area contributed by atoms with Gasteiger partial charge >= 0.3 is 5.97 Å². The number of aliphatic hydroxyl groups excluding tert-OH is 1. The second-order valence-electron chi connectivity index (χ2n) is 3.11. The van der Waals surface area contributed by atoms with Gasteiger partial charge in [0.05, 0.1) is 7.11 Å². The predicted octanol–water partition coefficient (Wildman–Crippen LogP) is 1.26. The van der Waals surface area contributed by atoms with Gasteiger partial charge in [-0.3, -0.25) is 0 Å². The molecular formula is C10H11FO4. The van der Waals surface area contributed by atoms with Gasteiger partial charge in [0.1, 0.15) is 0 Å². The summed E-state index contributed by atoms with van der Waals surface area (Å²) in [5, 5.41) is 17.9. The number of methoxy groups -OCH3 is 1. The average molecular weight is 214 g/mol. The van der Waals surface area contributed by atoms with Crippen molar-refractivity contribution in [1.29, 1.82) is 0 Å². The topological polar surface area (TPSA) is 66.8 Å². The highest BCUT2D eigenvalue weighted by atomic mass is 19.1. The lowest BCUT2D eigenvalue weighted by Crippen LogP contribution is -2.12. The Morgan fingerprint density at radius 3 is 2.60 bits per heavy atom. The Morgan fingerprint density at radius 1 is 1.53 bits per heavy atom. The number of benzene rings is 1. The van der Waals surface area contributed by atoms with Crippen molar-refractivity contribution in [3.63, 3.8) is 0 Å². The van der Waals surface area contributed by atoms with Crippen LogP contribution in [0.3, 0.4) is 0 Å². The molecule has 0 aliphatic heterocycles. The minimum atomic E-state index is -1.78. The molecule has 1 aromatic carbocycles. The molecule has 1 unspecified atom stereocenters.